The highest BCUT2D eigenvalue weighted by atomic mass is 35.5. The number of aryl methyl sites for hydroxylation is 1. The van der Waals surface area contributed by atoms with Crippen molar-refractivity contribution in [3.63, 3.8) is 0 Å². The lowest BCUT2D eigenvalue weighted by Gasteiger charge is -2.21. The number of nitrogens with zero attached hydrogens (tertiary/aromatic N) is 1. The van der Waals surface area contributed by atoms with E-state index >= 15 is 0 Å². The lowest BCUT2D eigenvalue weighted by atomic mass is 10.2. The Morgan fingerprint density at radius 2 is 1.79 bits per heavy atom. The van der Waals surface area contributed by atoms with Crippen LogP contribution in [-0.4, -0.2) is 23.3 Å². The maximum absolute atomic E-state index is 12.2. The van der Waals surface area contributed by atoms with Gasteiger partial charge in [-0.2, -0.15) is 0 Å². The first-order chi connectivity index (χ1) is 11.4. The minimum absolute atomic E-state index is 0.0634. The summed E-state index contributed by atoms with van der Waals surface area (Å²) in [7, 11) is 0. The van der Waals surface area contributed by atoms with Crippen molar-refractivity contribution in [3.8, 4) is 0 Å². The molecule has 4 nitrogen and oxygen atoms in total. The highest BCUT2D eigenvalue weighted by molar-refractivity contribution is 6.31. The van der Waals surface area contributed by atoms with Crippen LogP contribution in [0.25, 0.3) is 0 Å². The molecule has 0 aliphatic heterocycles. The number of hydrogen-bond donors (Lipinski definition) is 1. The van der Waals surface area contributed by atoms with E-state index in [2.05, 4.69) is 5.32 Å². The molecule has 126 valence electrons. The maximum Gasteiger partial charge on any atom is 0.244 e. The number of carbonyl (C=O) groups is 2. The first-order valence-electron chi connectivity index (χ1n) is 7.41. The number of nitrogens with one attached hydrogen (secondary N) is 1. The Kier molecular flexibility index (Phi) is 6.23. The molecule has 24 heavy (non-hydrogen) atoms. The highest BCUT2D eigenvalue weighted by Crippen LogP contribution is 2.20. The number of hydrogen-bond acceptors (Lipinski definition) is 2. The lowest BCUT2D eigenvalue weighted by molar-refractivity contribution is -0.133. The zero-order chi connectivity index (χ0) is 17.7. The molecule has 0 saturated carbocycles. The molecule has 0 aromatic heterocycles. The van der Waals surface area contributed by atoms with Crippen molar-refractivity contribution >= 4 is 40.7 Å². The summed E-state index contributed by atoms with van der Waals surface area (Å²) in [5.41, 5.74) is 2.32. The Morgan fingerprint density at radius 3 is 2.42 bits per heavy atom. The number of halogens is 2. The van der Waals surface area contributed by atoms with Crippen LogP contribution in [-0.2, 0) is 16.1 Å². The Hall–Kier alpha value is -2.04. The molecule has 0 heterocycles. The van der Waals surface area contributed by atoms with Crippen molar-refractivity contribution < 1.29 is 9.59 Å². The first kappa shape index (κ1) is 18.3. The van der Waals surface area contributed by atoms with Gasteiger partial charge in [-0.1, -0.05) is 47.5 Å². The molecule has 2 rings (SSSR count). The fourth-order valence-corrected chi connectivity index (χ4v) is 2.53. The molecule has 0 radical (unpaired) electrons. The minimum Gasteiger partial charge on any atom is -0.329 e. The Morgan fingerprint density at radius 1 is 1.08 bits per heavy atom. The van der Waals surface area contributed by atoms with E-state index in [4.69, 9.17) is 23.2 Å². The first-order valence-corrected chi connectivity index (χ1v) is 8.17. The van der Waals surface area contributed by atoms with E-state index in [0.29, 0.717) is 15.7 Å². The summed E-state index contributed by atoms with van der Waals surface area (Å²) in [4.78, 5) is 25.5. The van der Waals surface area contributed by atoms with Crippen LogP contribution in [0, 0.1) is 6.92 Å². The monoisotopic (exact) mass is 364 g/mol. The predicted octanol–water partition coefficient (Wildman–Crippen LogP) is 4.29. The smallest absolute Gasteiger partial charge is 0.244 e. The van der Waals surface area contributed by atoms with Crippen molar-refractivity contribution in [2.45, 2.75) is 20.4 Å². The van der Waals surface area contributed by atoms with Gasteiger partial charge in [0.05, 0.1) is 0 Å². The molecule has 0 atom stereocenters. The molecule has 6 heteroatoms. The molecule has 0 aliphatic rings. The summed E-state index contributed by atoms with van der Waals surface area (Å²) >= 11 is 12.2. The van der Waals surface area contributed by atoms with E-state index in [1.807, 2.05) is 31.2 Å². The van der Waals surface area contributed by atoms with E-state index < -0.39 is 0 Å². The second-order valence-corrected chi connectivity index (χ2v) is 6.29. The average molecular weight is 365 g/mol. The van der Waals surface area contributed by atoms with E-state index in [9.17, 15) is 9.59 Å². The molecule has 0 fully saturated rings. The third kappa shape index (κ3) is 4.98. The van der Waals surface area contributed by atoms with Crippen molar-refractivity contribution in [3.05, 3.63) is 63.6 Å². The van der Waals surface area contributed by atoms with Gasteiger partial charge in [-0.15, -0.1) is 0 Å². The van der Waals surface area contributed by atoms with Gasteiger partial charge in [0.1, 0.15) is 6.54 Å². The van der Waals surface area contributed by atoms with Crippen LogP contribution in [0.2, 0.25) is 10.0 Å². The Bertz CT molecular complexity index is 762. The van der Waals surface area contributed by atoms with Gasteiger partial charge in [-0.3, -0.25) is 9.59 Å². The van der Waals surface area contributed by atoms with Gasteiger partial charge in [0.15, 0.2) is 0 Å². The maximum atomic E-state index is 12.2. The summed E-state index contributed by atoms with van der Waals surface area (Å²) in [6, 6.07) is 12.5. The molecule has 0 bridgehead atoms. The standard InChI is InChI=1S/C18H18Cl2N2O2/c1-12-7-8-15(9-17(12)20)21-18(24)11-22(13(2)23)10-14-5-3-4-6-16(14)19/h3-9H,10-11H2,1-2H3,(H,21,24). The van der Waals surface area contributed by atoms with Crippen molar-refractivity contribution in [2.75, 3.05) is 11.9 Å². The predicted molar refractivity (Wildman–Crippen MR) is 97.4 cm³/mol. The summed E-state index contributed by atoms with van der Waals surface area (Å²) in [5, 5.41) is 3.89. The zero-order valence-corrected chi connectivity index (χ0v) is 15.0. The van der Waals surface area contributed by atoms with Crippen LogP contribution in [0.5, 0.6) is 0 Å². The van der Waals surface area contributed by atoms with E-state index in [0.717, 1.165) is 11.1 Å². The summed E-state index contributed by atoms with van der Waals surface area (Å²) in [6.07, 6.45) is 0. The number of amides is 2. The largest absolute Gasteiger partial charge is 0.329 e. The third-order valence-corrected chi connectivity index (χ3v) is 4.33. The van der Waals surface area contributed by atoms with Gasteiger partial charge in [0, 0.05) is 29.2 Å². The lowest BCUT2D eigenvalue weighted by Crippen LogP contribution is -2.36. The van der Waals surface area contributed by atoms with Gasteiger partial charge >= 0.3 is 0 Å². The minimum atomic E-state index is -0.294. The molecule has 0 spiro atoms. The van der Waals surface area contributed by atoms with Crippen LogP contribution < -0.4 is 5.32 Å². The second-order valence-electron chi connectivity index (χ2n) is 5.48. The summed E-state index contributed by atoms with van der Waals surface area (Å²) < 4.78 is 0. The Labute approximate surface area is 151 Å². The van der Waals surface area contributed by atoms with Crippen molar-refractivity contribution in [1.82, 2.24) is 4.90 Å². The van der Waals surface area contributed by atoms with Crippen LogP contribution in [0.4, 0.5) is 5.69 Å². The molecule has 2 amide bonds. The highest BCUT2D eigenvalue weighted by Gasteiger charge is 2.15. The van der Waals surface area contributed by atoms with Crippen molar-refractivity contribution in [2.24, 2.45) is 0 Å². The van der Waals surface area contributed by atoms with Gasteiger partial charge in [0.2, 0.25) is 11.8 Å². The fraction of sp³-hybridized carbons (Fsp3) is 0.222. The van der Waals surface area contributed by atoms with Gasteiger partial charge in [-0.05, 0) is 36.2 Å². The SMILES string of the molecule is CC(=O)N(CC(=O)Nc1ccc(C)c(Cl)c1)Cc1ccccc1Cl. The van der Waals surface area contributed by atoms with Crippen LogP contribution >= 0.6 is 23.2 Å². The van der Waals surface area contributed by atoms with Gasteiger partial charge in [-0.25, -0.2) is 0 Å². The van der Waals surface area contributed by atoms with E-state index in [1.165, 1.54) is 11.8 Å². The normalized spacial score (nSPS) is 10.3. The second kappa shape index (κ2) is 8.18. The molecular formula is C18H18Cl2N2O2. The van der Waals surface area contributed by atoms with E-state index in [-0.39, 0.29) is 24.9 Å². The molecule has 2 aromatic carbocycles. The zero-order valence-electron chi connectivity index (χ0n) is 13.5. The van der Waals surface area contributed by atoms with Gasteiger partial charge in [0.25, 0.3) is 0 Å². The molecular weight excluding hydrogens is 347 g/mol. The third-order valence-electron chi connectivity index (χ3n) is 3.55. The topological polar surface area (TPSA) is 49.4 Å². The molecule has 0 unspecified atom stereocenters. The quantitative estimate of drug-likeness (QED) is 0.859. The molecule has 1 N–H and O–H groups in total. The van der Waals surface area contributed by atoms with Crippen molar-refractivity contribution in [1.29, 1.82) is 0 Å². The average Bonchev–Trinajstić information content (AvgIpc) is 2.52. The number of benzene rings is 2. The number of rotatable bonds is 5. The Balaban J connectivity index is 2.04. The van der Waals surface area contributed by atoms with Crippen LogP contribution in [0.1, 0.15) is 18.1 Å². The summed E-state index contributed by atoms with van der Waals surface area (Å²) in [6.45, 7) is 3.52. The fourth-order valence-electron chi connectivity index (χ4n) is 2.16. The van der Waals surface area contributed by atoms with Crippen LogP contribution in [0.3, 0.4) is 0 Å². The van der Waals surface area contributed by atoms with Crippen LogP contribution in [0.15, 0.2) is 42.5 Å². The molecule has 0 aliphatic carbocycles. The summed E-state index contributed by atoms with van der Waals surface area (Å²) in [5.74, 6) is -0.496. The van der Waals surface area contributed by atoms with E-state index in [1.54, 1.807) is 18.2 Å². The molecule has 0 saturated heterocycles. The number of anilines is 1. The number of carbonyl (C=O) groups excluding carboxylic acids is 2. The molecule has 2 aromatic rings. The van der Waals surface area contributed by atoms with Gasteiger partial charge < -0.3 is 10.2 Å².